The van der Waals surface area contributed by atoms with Gasteiger partial charge in [0.05, 0.1) is 0 Å². The lowest BCUT2D eigenvalue weighted by Gasteiger charge is -2.09. The largest absolute Gasteiger partial charge is 0.484 e. The van der Waals surface area contributed by atoms with Crippen molar-refractivity contribution in [2.24, 2.45) is 0 Å². The van der Waals surface area contributed by atoms with Crippen molar-refractivity contribution >= 4 is 17.9 Å². The maximum atomic E-state index is 12.0. The maximum absolute atomic E-state index is 12.0. The van der Waals surface area contributed by atoms with Gasteiger partial charge in [0.15, 0.2) is 6.61 Å². The number of carbonyl (C=O) groups is 2. The third kappa shape index (κ3) is 4.95. The highest BCUT2D eigenvalue weighted by Gasteiger charge is 2.05. The van der Waals surface area contributed by atoms with Gasteiger partial charge in [-0.25, -0.2) is 0 Å². The van der Waals surface area contributed by atoms with Crippen molar-refractivity contribution in [2.45, 2.75) is 0 Å². The number of amides is 1. The molecule has 0 saturated heterocycles. The molecule has 0 aromatic heterocycles. The van der Waals surface area contributed by atoms with Crippen LogP contribution in [0.5, 0.6) is 17.2 Å². The summed E-state index contributed by atoms with van der Waals surface area (Å²) in [6.45, 7) is -0.148. The molecule has 5 heteroatoms. The number of nitrogens with one attached hydrogen (secondary N) is 1. The molecule has 1 amide bonds. The predicted molar refractivity (Wildman–Crippen MR) is 98.9 cm³/mol. The molecule has 5 nitrogen and oxygen atoms in total. The molecule has 1 N–H and O–H groups in total. The number of ether oxygens (including phenoxy) is 2. The third-order valence-electron chi connectivity index (χ3n) is 3.48. The Bertz CT molecular complexity index is 876. The second kappa shape index (κ2) is 8.48. The number of hydrogen-bond acceptors (Lipinski definition) is 4. The zero-order valence-electron chi connectivity index (χ0n) is 13.9. The molecular weight excluding hydrogens is 330 g/mol. The van der Waals surface area contributed by atoms with E-state index in [0.29, 0.717) is 22.7 Å². The normalized spacial score (nSPS) is 10.0. The van der Waals surface area contributed by atoms with Crippen molar-refractivity contribution < 1.29 is 19.1 Å². The van der Waals surface area contributed by atoms with Gasteiger partial charge >= 0.3 is 0 Å². The number of carbonyl (C=O) groups excluding carboxylic acids is 2. The van der Waals surface area contributed by atoms with Crippen LogP contribution in [0.2, 0.25) is 0 Å². The van der Waals surface area contributed by atoms with E-state index in [1.807, 2.05) is 30.3 Å². The molecule has 3 aromatic rings. The standard InChI is InChI=1S/C21H17NO4/c23-14-16-5-4-8-20(13-16)25-15-21(24)22-17-9-11-19(12-10-17)26-18-6-2-1-3-7-18/h1-14H,15H2,(H,22,24). The third-order valence-corrected chi connectivity index (χ3v) is 3.48. The van der Waals surface area contributed by atoms with E-state index in [2.05, 4.69) is 5.32 Å². The number of benzene rings is 3. The first kappa shape index (κ1) is 17.2. The Hall–Kier alpha value is -3.60. The molecule has 0 saturated carbocycles. The summed E-state index contributed by atoms with van der Waals surface area (Å²) in [4.78, 5) is 22.7. The number of hydrogen-bond donors (Lipinski definition) is 1. The van der Waals surface area contributed by atoms with Crippen LogP contribution < -0.4 is 14.8 Å². The highest BCUT2D eigenvalue weighted by molar-refractivity contribution is 5.91. The second-order valence-electron chi connectivity index (χ2n) is 5.47. The molecule has 26 heavy (non-hydrogen) atoms. The summed E-state index contributed by atoms with van der Waals surface area (Å²) in [7, 11) is 0. The van der Waals surface area contributed by atoms with Crippen LogP contribution in [-0.2, 0) is 4.79 Å². The highest BCUT2D eigenvalue weighted by atomic mass is 16.5. The zero-order valence-corrected chi connectivity index (χ0v) is 13.9. The van der Waals surface area contributed by atoms with Gasteiger partial charge < -0.3 is 14.8 Å². The lowest BCUT2D eigenvalue weighted by Crippen LogP contribution is -2.20. The van der Waals surface area contributed by atoms with E-state index in [1.165, 1.54) is 0 Å². The lowest BCUT2D eigenvalue weighted by atomic mass is 10.2. The van der Waals surface area contributed by atoms with Crippen LogP contribution in [-0.4, -0.2) is 18.8 Å². The molecule has 0 aliphatic carbocycles. The minimum atomic E-state index is -0.293. The van der Waals surface area contributed by atoms with Gasteiger partial charge in [0, 0.05) is 11.3 Å². The Morgan fingerprint density at radius 3 is 2.27 bits per heavy atom. The van der Waals surface area contributed by atoms with Gasteiger partial charge in [-0.05, 0) is 48.5 Å². The topological polar surface area (TPSA) is 64.6 Å². The first-order chi connectivity index (χ1) is 12.7. The minimum absolute atomic E-state index is 0.148. The fourth-order valence-electron chi connectivity index (χ4n) is 2.25. The molecule has 0 spiro atoms. The van der Waals surface area contributed by atoms with Crippen LogP contribution in [0.4, 0.5) is 5.69 Å². The summed E-state index contributed by atoms with van der Waals surface area (Å²) in [5.74, 6) is 1.60. The van der Waals surface area contributed by atoms with Crippen molar-refractivity contribution in [1.29, 1.82) is 0 Å². The number of para-hydroxylation sites is 1. The Balaban J connectivity index is 1.51. The summed E-state index contributed by atoms with van der Waals surface area (Å²) in [6, 6.07) is 23.1. The minimum Gasteiger partial charge on any atom is -0.484 e. The smallest absolute Gasteiger partial charge is 0.262 e. The zero-order chi connectivity index (χ0) is 18.2. The van der Waals surface area contributed by atoms with Crippen LogP contribution in [0.1, 0.15) is 10.4 Å². The van der Waals surface area contributed by atoms with E-state index in [1.54, 1.807) is 48.5 Å². The monoisotopic (exact) mass is 347 g/mol. The Labute approximate surface area is 151 Å². The van der Waals surface area contributed by atoms with Gasteiger partial charge in [0.25, 0.3) is 5.91 Å². The molecule has 0 aliphatic rings. The van der Waals surface area contributed by atoms with Crippen LogP contribution in [0.25, 0.3) is 0 Å². The van der Waals surface area contributed by atoms with Gasteiger partial charge in [-0.1, -0.05) is 30.3 Å². The number of aldehydes is 1. The lowest BCUT2D eigenvalue weighted by molar-refractivity contribution is -0.118. The summed E-state index contributed by atoms with van der Waals surface area (Å²) >= 11 is 0. The van der Waals surface area contributed by atoms with Gasteiger partial charge in [0.1, 0.15) is 23.5 Å². The van der Waals surface area contributed by atoms with Crippen molar-refractivity contribution in [3.05, 3.63) is 84.4 Å². The van der Waals surface area contributed by atoms with E-state index < -0.39 is 0 Å². The highest BCUT2D eigenvalue weighted by Crippen LogP contribution is 2.22. The molecule has 3 aromatic carbocycles. The van der Waals surface area contributed by atoms with Gasteiger partial charge in [-0.15, -0.1) is 0 Å². The summed E-state index contributed by atoms with van der Waals surface area (Å²) in [5.41, 5.74) is 1.14. The second-order valence-corrected chi connectivity index (χ2v) is 5.47. The van der Waals surface area contributed by atoms with Gasteiger partial charge in [0.2, 0.25) is 0 Å². The Kier molecular flexibility index (Phi) is 5.62. The van der Waals surface area contributed by atoms with Gasteiger partial charge in [-0.2, -0.15) is 0 Å². The molecule has 0 aliphatic heterocycles. The Morgan fingerprint density at radius 2 is 1.54 bits per heavy atom. The summed E-state index contributed by atoms with van der Waals surface area (Å²) < 4.78 is 11.1. The SMILES string of the molecule is O=Cc1cccc(OCC(=O)Nc2ccc(Oc3ccccc3)cc2)c1. The molecular formula is C21H17NO4. The van der Waals surface area contributed by atoms with Crippen molar-refractivity contribution in [2.75, 3.05) is 11.9 Å². The molecule has 0 fully saturated rings. The molecule has 0 bridgehead atoms. The molecule has 0 heterocycles. The summed E-state index contributed by atoms with van der Waals surface area (Å²) in [5, 5.41) is 2.74. The molecule has 3 rings (SSSR count). The van der Waals surface area contributed by atoms with E-state index in [9.17, 15) is 9.59 Å². The fourth-order valence-corrected chi connectivity index (χ4v) is 2.25. The predicted octanol–water partition coefficient (Wildman–Crippen LogP) is 4.31. The fraction of sp³-hybridized carbons (Fsp3) is 0.0476. The average molecular weight is 347 g/mol. The maximum Gasteiger partial charge on any atom is 0.262 e. The quantitative estimate of drug-likeness (QED) is 0.647. The van der Waals surface area contributed by atoms with Gasteiger partial charge in [-0.3, -0.25) is 9.59 Å². The first-order valence-corrected chi connectivity index (χ1v) is 8.04. The van der Waals surface area contributed by atoms with Crippen molar-refractivity contribution in [3.8, 4) is 17.2 Å². The van der Waals surface area contributed by atoms with E-state index in [4.69, 9.17) is 9.47 Å². The molecule has 0 atom stereocenters. The van der Waals surface area contributed by atoms with Crippen LogP contribution >= 0.6 is 0 Å². The van der Waals surface area contributed by atoms with Crippen molar-refractivity contribution in [3.63, 3.8) is 0 Å². The van der Waals surface area contributed by atoms with E-state index in [-0.39, 0.29) is 12.5 Å². The van der Waals surface area contributed by atoms with Crippen molar-refractivity contribution in [1.82, 2.24) is 0 Å². The Morgan fingerprint density at radius 1 is 0.846 bits per heavy atom. The average Bonchev–Trinajstić information content (AvgIpc) is 2.69. The summed E-state index contributed by atoms with van der Waals surface area (Å²) in [6.07, 6.45) is 0.728. The van der Waals surface area contributed by atoms with E-state index >= 15 is 0 Å². The molecule has 0 radical (unpaired) electrons. The number of anilines is 1. The number of rotatable bonds is 7. The molecule has 0 unspecified atom stereocenters. The first-order valence-electron chi connectivity index (χ1n) is 8.04. The van der Waals surface area contributed by atoms with E-state index in [0.717, 1.165) is 12.0 Å². The molecule has 130 valence electrons. The van der Waals surface area contributed by atoms with Crippen LogP contribution in [0, 0.1) is 0 Å². The van der Waals surface area contributed by atoms with Crippen LogP contribution in [0.15, 0.2) is 78.9 Å². The van der Waals surface area contributed by atoms with Crippen LogP contribution in [0.3, 0.4) is 0 Å².